The molecule has 1 aromatic rings. The highest BCUT2D eigenvalue weighted by molar-refractivity contribution is 5.98. The number of hydrogen-bond donors (Lipinski definition) is 2. The Morgan fingerprint density at radius 2 is 1.70 bits per heavy atom. The van der Waals surface area contributed by atoms with Crippen molar-refractivity contribution < 1.29 is 19.5 Å². The van der Waals surface area contributed by atoms with Crippen LogP contribution in [0.3, 0.4) is 0 Å². The number of carbonyl (C=O) groups excluding carboxylic acids is 2. The lowest BCUT2D eigenvalue weighted by Gasteiger charge is -2.26. The molecule has 1 unspecified atom stereocenters. The standard InChI is InChI=1S/C17H22N2O4/c1-10(2)15(20)18-13-6-4-12(5-7-13)16(21)19(14-8-9-14)11(3)17(22)23/h4-7,10-11,14H,8-9H2,1-3H3,(H,18,20)(H,22,23). The molecule has 1 fully saturated rings. The molecule has 0 radical (unpaired) electrons. The Hall–Kier alpha value is -2.37. The number of carboxylic acids is 1. The van der Waals surface area contributed by atoms with Crippen LogP contribution >= 0.6 is 0 Å². The maximum absolute atomic E-state index is 12.6. The molecular formula is C17H22N2O4. The van der Waals surface area contributed by atoms with Crippen molar-refractivity contribution in [1.29, 1.82) is 0 Å². The van der Waals surface area contributed by atoms with E-state index in [0.29, 0.717) is 11.3 Å². The van der Waals surface area contributed by atoms with Gasteiger partial charge in [-0.2, -0.15) is 0 Å². The first-order valence-electron chi connectivity index (χ1n) is 7.77. The summed E-state index contributed by atoms with van der Waals surface area (Å²) < 4.78 is 0. The zero-order chi connectivity index (χ0) is 17.1. The summed E-state index contributed by atoms with van der Waals surface area (Å²) in [6.45, 7) is 5.12. The van der Waals surface area contributed by atoms with Crippen LogP contribution in [-0.2, 0) is 9.59 Å². The Kier molecular flexibility index (Phi) is 5.03. The number of nitrogens with zero attached hydrogens (tertiary/aromatic N) is 1. The molecule has 0 saturated heterocycles. The minimum absolute atomic E-state index is 0.00826. The normalized spacial score (nSPS) is 15.1. The number of hydrogen-bond acceptors (Lipinski definition) is 3. The zero-order valence-corrected chi connectivity index (χ0v) is 13.6. The fourth-order valence-corrected chi connectivity index (χ4v) is 2.26. The third kappa shape index (κ3) is 4.09. The first kappa shape index (κ1) is 17.0. The van der Waals surface area contributed by atoms with Crippen LogP contribution in [0, 0.1) is 5.92 Å². The number of rotatable bonds is 6. The van der Waals surface area contributed by atoms with Gasteiger partial charge in [0.05, 0.1) is 0 Å². The summed E-state index contributed by atoms with van der Waals surface area (Å²) in [6, 6.07) is 5.70. The second kappa shape index (κ2) is 6.81. The van der Waals surface area contributed by atoms with E-state index in [1.165, 1.54) is 11.8 Å². The van der Waals surface area contributed by atoms with Gasteiger partial charge in [0.2, 0.25) is 5.91 Å². The van der Waals surface area contributed by atoms with E-state index in [-0.39, 0.29) is 23.8 Å². The predicted octanol–water partition coefficient (Wildman–Crippen LogP) is 2.36. The molecule has 1 atom stereocenters. The second-order valence-electron chi connectivity index (χ2n) is 6.18. The molecule has 1 aromatic carbocycles. The first-order valence-corrected chi connectivity index (χ1v) is 7.77. The van der Waals surface area contributed by atoms with Crippen LogP contribution in [0.25, 0.3) is 0 Å². The maximum Gasteiger partial charge on any atom is 0.326 e. The lowest BCUT2D eigenvalue weighted by atomic mass is 10.1. The Morgan fingerprint density at radius 3 is 2.13 bits per heavy atom. The van der Waals surface area contributed by atoms with Gasteiger partial charge in [0.1, 0.15) is 6.04 Å². The number of aliphatic carboxylic acids is 1. The molecule has 2 N–H and O–H groups in total. The topological polar surface area (TPSA) is 86.7 Å². The van der Waals surface area contributed by atoms with Gasteiger partial charge in [-0.15, -0.1) is 0 Å². The van der Waals surface area contributed by atoms with Crippen molar-refractivity contribution in [2.75, 3.05) is 5.32 Å². The van der Waals surface area contributed by atoms with Crippen LogP contribution in [0.15, 0.2) is 24.3 Å². The van der Waals surface area contributed by atoms with Gasteiger partial charge in [-0.25, -0.2) is 4.79 Å². The van der Waals surface area contributed by atoms with E-state index in [2.05, 4.69) is 5.32 Å². The fraction of sp³-hybridized carbons (Fsp3) is 0.471. The van der Waals surface area contributed by atoms with E-state index in [0.717, 1.165) is 12.8 Å². The summed E-state index contributed by atoms with van der Waals surface area (Å²) in [4.78, 5) is 36.9. The minimum Gasteiger partial charge on any atom is -0.480 e. The molecule has 23 heavy (non-hydrogen) atoms. The minimum atomic E-state index is -1.01. The molecule has 2 amide bonds. The van der Waals surface area contributed by atoms with Crippen molar-refractivity contribution in [2.24, 2.45) is 5.92 Å². The summed E-state index contributed by atoms with van der Waals surface area (Å²) in [5, 5.41) is 11.9. The number of anilines is 1. The van der Waals surface area contributed by atoms with E-state index in [9.17, 15) is 19.5 Å². The summed E-state index contributed by atoms with van der Waals surface area (Å²) in [5.74, 6) is -1.52. The molecule has 0 bridgehead atoms. The highest BCUT2D eigenvalue weighted by Gasteiger charge is 2.38. The van der Waals surface area contributed by atoms with Gasteiger partial charge < -0.3 is 15.3 Å². The highest BCUT2D eigenvalue weighted by Crippen LogP contribution is 2.30. The van der Waals surface area contributed by atoms with E-state index in [1.54, 1.807) is 38.1 Å². The molecular weight excluding hydrogens is 296 g/mol. The van der Waals surface area contributed by atoms with Gasteiger partial charge >= 0.3 is 5.97 Å². The van der Waals surface area contributed by atoms with Crippen molar-refractivity contribution in [3.8, 4) is 0 Å². The Bertz CT molecular complexity index is 606. The lowest BCUT2D eigenvalue weighted by molar-refractivity contribution is -0.141. The average molecular weight is 318 g/mol. The molecule has 0 heterocycles. The number of carboxylic acid groups (broad SMARTS) is 1. The molecule has 0 aliphatic heterocycles. The van der Waals surface area contributed by atoms with Gasteiger partial charge in [-0.1, -0.05) is 13.8 Å². The highest BCUT2D eigenvalue weighted by atomic mass is 16.4. The third-order valence-corrected chi connectivity index (χ3v) is 3.87. The third-order valence-electron chi connectivity index (χ3n) is 3.87. The summed E-state index contributed by atoms with van der Waals surface area (Å²) >= 11 is 0. The monoisotopic (exact) mass is 318 g/mol. The average Bonchev–Trinajstić information content (AvgIpc) is 3.32. The van der Waals surface area contributed by atoms with E-state index in [1.807, 2.05) is 0 Å². The first-order chi connectivity index (χ1) is 10.8. The molecule has 2 rings (SSSR count). The Labute approximate surface area is 135 Å². The van der Waals surface area contributed by atoms with Gasteiger partial charge in [0, 0.05) is 23.2 Å². The summed E-state index contributed by atoms with van der Waals surface area (Å²) in [6.07, 6.45) is 1.68. The molecule has 1 aliphatic carbocycles. The summed E-state index contributed by atoms with van der Waals surface area (Å²) in [5.41, 5.74) is 1.04. The zero-order valence-electron chi connectivity index (χ0n) is 13.6. The molecule has 124 valence electrons. The Balaban J connectivity index is 2.12. The van der Waals surface area contributed by atoms with Gasteiger partial charge in [0.15, 0.2) is 0 Å². The molecule has 6 heteroatoms. The van der Waals surface area contributed by atoms with Crippen LogP contribution in [0.4, 0.5) is 5.69 Å². The molecule has 1 aliphatic rings. The SMILES string of the molecule is CC(C)C(=O)Nc1ccc(C(=O)N(C2CC2)C(C)C(=O)O)cc1. The van der Waals surface area contributed by atoms with Gasteiger partial charge in [0.25, 0.3) is 5.91 Å². The van der Waals surface area contributed by atoms with Crippen molar-refractivity contribution in [2.45, 2.75) is 45.7 Å². The molecule has 6 nitrogen and oxygen atoms in total. The van der Waals surface area contributed by atoms with E-state index in [4.69, 9.17) is 0 Å². The lowest BCUT2D eigenvalue weighted by Crippen LogP contribution is -2.44. The molecule has 0 spiro atoms. The van der Waals surface area contributed by atoms with Gasteiger partial charge in [-0.05, 0) is 44.0 Å². The number of benzene rings is 1. The number of carbonyl (C=O) groups is 3. The van der Waals surface area contributed by atoms with Crippen molar-refractivity contribution >= 4 is 23.5 Å². The van der Waals surface area contributed by atoms with Crippen LogP contribution < -0.4 is 5.32 Å². The smallest absolute Gasteiger partial charge is 0.326 e. The van der Waals surface area contributed by atoms with Crippen LogP contribution in [-0.4, -0.2) is 39.9 Å². The van der Waals surface area contributed by atoms with Crippen LogP contribution in [0.5, 0.6) is 0 Å². The van der Waals surface area contributed by atoms with Crippen LogP contribution in [0.1, 0.15) is 44.0 Å². The molecule has 0 aromatic heterocycles. The number of nitrogens with one attached hydrogen (secondary N) is 1. The fourth-order valence-electron chi connectivity index (χ4n) is 2.26. The molecule has 1 saturated carbocycles. The van der Waals surface area contributed by atoms with Crippen molar-refractivity contribution in [3.63, 3.8) is 0 Å². The predicted molar refractivity (Wildman–Crippen MR) is 86.2 cm³/mol. The van der Waals surface area contributed by atoms with Crippen LogP contribution in [0.2, 0.25) is 0 Å². The van der Waals surface area contributed by atoms with E-state index >= 15 is 0 Å². The number of amides is 2. The second-order valence-corrected chi connectivity index (χ2v) is 6.18. The van der Waals surface area contributed by atoms with Gasteiger partial charge in [-0.3, -0.25) is 9.59 Å². The van der Waals surface area contributed by atoms with Crippen molar-refractivity contribution in [1.82, 2.24) is 4.90 Å². The summed E-state index contributed by atoms with van der Waals surface area (Å²) in [7, 11) is 0. The Morgan fingerprint density at radius 1 is 1.13 bits per heavy atom. The maximum atomic E-state index is 12.6. The van der Waals surface area contributed by atoms with E-state index < -0.39 is 12.0 Å². The largest absolute Gasteiger partial charge is 0.480 e. The quantitative estimate of drug-likeness (QED) is 0.843. The van der Waals surface area contributed by atoms with Crippen molar-refractivity contribution in [3.05, 3.63) is 29.8 Å².